The highest BCUT2D eigenvalue weighted by Gasteiger charge is 2.24. The Bertz CT molecular complexity index is 663. The minimum absolute atomic E-state index is 0.120. The van der Waals surface area contributed by atoms with Crippen molar-refractivity contribution in [2.24, 2.45) is 5.92 Å². The molecule has 5 nitrogen and oxygen atoms in total. The first-order chi connectivity index (χ1) is 12.7. The third-order valence-electron chi connectivity index (χ3n) is 5.39. The quantitative estimate of drug-likeness (QED) is 0.617. The molecule has 2 aliphatic rings. The molecule has 3 rings (SSSR count). The van der Waals surface area contributed by atoms with Crippen molar-refractivity contribution < 1.29 is 4.79 Å². The Balaban J connectivity index is 1.52. The average molecular weight is 352 g/mol. The van der Waals surface area contributed by atoms with Crippen LogP contribution in [0.15, 0.2) is 42.1 Å². The van der Waals surface area contributed by atoms with Gasteiger partial charge in [-0.05, 0) is 24.3 Å². The van der Waals surface area contributed by atoms with Gasteiger partial charge in [0.25, 0.3) is 5.91 Å². The molecule has 0 aromatic heterocycles. The second-order valence-corrected chi connectivity index (χ2v) is 7.43. The Kier molecular flexibility index (Phi) is 6.30. The van der Waals surface area contributed by atoms with Crippen molar-refractivity contribution in [2.75, 3.05) is 39.3 Å². The summed E-state index contributed by atoms with van der Waals surface area (Å²) in [7, 11) is 0. The van der Waals surface area contributed by atoms with E-state index in [2.05, 4.69) is 47.1 Å². The van der Waals surface area contributed by atoms with Gasteiger partial charge in [-0.25, -0.2) is 0 Å². The van der Waals surface area contributed by atoms with E-state index in [9.17, 15) is 10.1 Å². The molecule has 0 spiro atoms. The van der Waals surface area contributed by atoms with Crippen molar-refractivity contribution in [2.45, 2.75) is 26.3 Å². The van der Waals surface area contributed by atoms with Crippen LogP contribution in [0.5, 0.6) is 0 Å². The monoisotopic (exact) mass is 352 g/mol. The van der Waals surface area contributed by atoms with Crippen molar-refractivity contribution in [1.29, 1.82) is 5.26 Å². The van der Waals surface area contributed by atoms with Crippen LogP contribution < -0.4 is 0 Å². The zero-order valence-electron chi connectivity index (χ0n) is 15.6. The number of hydrogen-bond donors (Lipinski definition) is 0. The van der Waals surface area contributed by atoms with Crippen LogP contribution in [0.1, 0.15) is 25.3 Å². The van der Waals surface area contributed by atoms with Crippen molar-refractivity contribution in [1.82, 2.24) is 14.7 Å². The van der Waals surface area contributed by atoms with Crippen molar-refractivity contribution in [3.8, 4) is 6.07 Å². The van der Waals surface area contributed by atoms with Gasteiger partial charge in [-0.2, -0.15) is 5.26 Å². The normalized spacial score (nSPS) is 20.1. The van der Waals surface area contributed by atoms with Gasteiger partial charge in [-0.15, -0.1) is 0 Å². The predicted octanol–water partition coefficient (Wildman–Crippen LogP) is 2.47. The third-order valence-corrected chi connectivity index (χ3v) is 5.39. The van der Waals surface area contributed by atoms with Gasteiger partial charge in [-0.1, -0.05) is 37.3 Å². The van der Waals surface area contributed by atoms with Crippen LogP contribution in [-0.4, -0.2) is 59.9 Å². The first kappa shape index (κ1) is 18.5. The first-order valence-electron chi connectivity index (χ1n) is 9.57. The lowest BCUT2D eigenvalue weighted by molar-refractivity contribution is -0.128. The summed E-state index contributed by atoms with van der Waals surface area (Å²) >= 11 is 0. The summed E-state index contributed by atoms with van der Waals surface area (Å²) in [5.74, 6) is 0.615. The molecule has 0 radical (unpaired) electrons. The van der Waals surface area contributed by atoms with Gasteiger partial charge >= 0.3 is 0 Å². The summed E-state index contributed by atoms with van der Waals surface area (Å²) in [4.78, 5) is 19.0. The van der Waals surface area contributed by atoms with E-state index in [1.54, 1.807) is 6.20 Å². The number of piperazine rings is 1. The topological polar surface area (TPSA) is 50.6 Å². The molecular weight excluding hydrogens is 324 g/mol. The number of carbonyl (C=O) groups excluding carboxylic acids is 1. The summed E-state index contributed by atoms with van der Waals surface area (Å²) in [5.41, 5.74) is 1.57. The van der Waals surface area contributed by atoms with Gasteiger partial charge in [0.2, 0.25) is 0 Å². The highest BCUT2D eigenvalue weighted by atomic mass is 16.2. The molecule has 1 aromatic carbocycles. The van der Waals surface area contributed by atoms with Gasteiger partial charge < -0.3 is 9.80 Å². The molecule has 1 aromatic rings. The fourth-order valence-electron chi connectivity index (χ4n) is 3.59. The maximum absolute atomic E-state index is 12.7. The number of nitriles is 1. The minimum atomic E-state index is -0.120. The van der Waals surface area contributed by atoms with Crippen LogP contribution in [0.3, 0.4) is 0 Å². The number of amides is 1. The molecular formula is C21H28N4O. The highest BCUT2D eigenvalue weighted by Crippen LogP contribution is 2.18. The molecule has 2 saturated heterocycles. The lowest BCUT2D eigenvalue weighted by Gasteiger charge is -2.35. The van der Waals surface area contributed by atoms with Crippen LogP contribution in [0, 0.1) is 17.2 Å². The Morgan fingerprint density at radius 1 is 1.12 bits per heavy atom. The minimum Gasteiger partial charge on any atom is -0.376 e. The number of nitrogens with zero attached hydrogens (tertiary/aromatic N) is 4. The van der Waals surface area contributed by atoms with Gasteiger partial charge in [-0.3, -0.25) is 9.69 Å². The first-order valence-corrected chi connectivity index (χ1v) is 9.57. The largest absolute Gasteiger partial charge is 0.376 e. The van der Waals surface area contributed by atoms with Crippen molar-refractivity contribution in [3.63, 3.8) is 0 Å². The molecule has 138 valence electrons. The number of carbonyl (C=O) groups is 1. The standard InChI is InChI=1S/C21H28N4O/c1-18-7-9-23(10-8-18)17-20(15-22)21(26)25-13-11-24(12-14-25)16-19-5-3-2-4-6-19/h2-6,17-18H,7-14,16H2,1H3/b20-17-. The van der Waals surface area contributed by atoms with E-state index in [0.717, 1.165) is 51.5 Å². The molecule has 5 heteroatoms. The fourth-order valence-corrected chi connectivity index (χ4v) is 3.59. The predicted molar refractivity (Wildman–Crippen MR) is 102 cm³/mol. The Hall–Kier alpha value is -2.32. The third kappa shape index (κ3) is 4.86. The maximum Gasteiger partial charge on any atom is 0.266 e. The molecule has 0 aliphatic carbocycles. The molecule has 2 aliphatic heterocycles. The highest BCUT2D eigenvalue weighted by molar-refractivity contribution is 5.97. The van der Waals surface area contributed by atoms with Crippen molar-refractivity contribution >= 4 is 5.91 Å². The number of piperidine rings is 1. The van der Waals surface area contributed by atoms with Gasteiger partial charge in [0.05, 0.1) is 0 Å². The molecule has 2 heterocycles. The molecule has 0 unspecified atom stereocenters. The van der Waals surface area contributed by atoms with E-state index in [-0.39, 0.29) is 11.5 Å². The number of likely N-dealkylation sites (tertiary alicyclic amines) is 1. The van der Waals surface area contributed by atoms with Crippen LogP contribution in [-0.2, 0) is 11.3 Å². The van der Waals surface area contributed by atoms with E-state index >= 15 is 0 Å². The number of rotatable bonds is 4. The Morgan fingerprint density at radius 3 is 2.38 bits per heavy atom. The average Bonchev–Trinajstić information content (AvgIpc) is 2.68. The van der Waals surface area contributed by atoms with E-state index in [0.29, 0.717) is 13.1 Å². The SMILES string of the molecule is CC1CCN(/C=C(/C#N)C(=O)N2CCN(Cc3ccccc3)CC2)CC1. The van der Waals surface area contributed by atoms with Crippen LogP contribution in [0.25, 0.3) is 0 Å². The molecule has 0 saturated carbocycles. The van der Waals surface area contributed by atoms with Crippen LogP contribution in [0.2, 0.25) is 0 Å². The lowest BCUT2D eigenvalue weighted by atomic mass is 9.99. The zero-order chi connectivity index (χ0) is 18.4. The summed E-state index contributed by atoms with van der Waals surface area (Å²) in [6, 6.07) is 12.5. The summed E-state index contributed by atoms with van der Waals surface area (Å²) in [6.45, 7) is 8.10. The van der Waals surface area contributed by atoms with E-state index in [1.807, 2.05) is 11.0 Å². The van der Waals surface area contributed by atoms with Gasteiger partial charge in [0.1, 0.15) is 11.6 Å². The molecule has 0 atom stereocenters. The van der Waals surface area contributed by atoms with E-state index < -0.39 is 0 Å². The summed E-state index contributed by atoms with van der Waals surface area (Å²) < 4.78 is 0. The maximum atomic E-state index is 12.7. The molecule has 1 amide bonds. The second kappa shape index (κ2) is 8.86. The van der Waals surface area contributed by atoms with Crippen LogP contribution >= 0.6 is 0 Å². The second-order valence-electron chi connectivity index (χ2n) is 7.43. The number of hydrogen-bond acceptors (Lipinski definition) is 4. The lowest BCUT2D eigenvalue weighted by Crippen LogP contribution is -2.48. The summed E-state index contributed by atoms with van der Waals surface area (Å²) in [6.07, 6.45) is 4.04. The summed E-state index contributed by atoms with van der Waals surface area (Å²) in [5, 5.41) is 9.45. The molecule has 0 N–H and O–H groups in total. The molecule has 0 bridgehead atoms. The van der Waals surface area contributed by atoms with Gasteiger partial charge in [0, 0.05) is 52.0 Å². The van der Waals surface area contributed by atoms with E-state index in [4.69, 9.17) is 0 Å². The zero-order valence-corrected chi connectivity index (χ0v) is 15.6. The van der Waals surface area contributed by atoms with Gasteiger partial charge in [0.15, 0.2) is 0 Å². The molecule has 26 heavy (non-hydrogen) atoms. The van der Waals surface area contributed by atoms with Crippen molar-refractivity contribution in [3.05, 3.63) is 47.7 Å². The van der Waals surface area contributed by atoms with Crippen LogP contribution in [0.4, 0.5) is 0 Å². The Morgan fingerprint density at radius 2 is 1.77 bits per heavy atom. The number of benzene rings is 1. The smallest absolute Gasteiger partial charge is 0.266 e. The Labute approximate surface area is 156 Å². The van der Waals surface area contributed by atoms with E-state index in [1.165, 1.54) is 5.56 Å². The fraction of sp³-hybridized carbons (Fsp3) is 0.524. The molecule has 2 fully saturated rings.